The molecule has 1 N–H and O–H groups in total. The van der Waals surface area contributed by atoms with Crippen LogP contribution < -0.4 is 5.32 Å². The molecule has 1 heteroatoms. The van der Waals surface area contributed by atoms with E-state index in [1.807, 2.05) is 0 Å². The van der Waals surface area contributed by atoms with Crippen molar-refractivity contribution in [1.29, 1.82) is 0 Å². The summed E-state index contributed by atoms with van der Waals surface area (Å²) in [6, 6.07) is 11.3. The van der Waals surface area contributed by atoms with Crippen molar-refractivity contribution in [1.82, 2.24) is 5.32 Å². The molecule has 0 radical (unpaired) electrons. The summed E-state index contributed by atoms with van der Waals surface area (Å²) >= 11 is 0. The van der Waals surface area contributed by atoms with Crippen LogP contribution >= 0.6 is 0 Å². The smallest absolute Gasteiger partial charge is 0.0343 e. The zero-order valence-corrected chi connectivity index (χ0v) is 11.5. The van der Waals surface area contributed by atoms with Crippen molar-refractivity contribution >= 4 is 0 Å². The summed E-state index contributed by atoms with van der Waals surface area (Å²) in [5.74, 6) is 1.51. The van der Waals surface area contributed by atoms with Gasteiger partial charge in [-0.15, -0.1) is 0 Å². The Labute approximate surface area is 106 Å². The van der Waals surface area contributed by atoms with Gasteiger partial charge >= 0.3 is 0 Å². The Balaban J connectivity index is 1.95. The molecule has 0 saturated heterocycles. The van der Waals surface area contributed by atoms with Gasteiger partial charge in [-0.3, -0.25) is 0 Å². The van der Waals surface area contributed by atoms with Crippen LogP contribution in [0.15, 0.2) is 30.3 Å². The molecule has 0 bridgehead atoms. The molecule has 1 fully saturated rings. The van der Waals surface area contributed by atoms with E-state index in [9.17, 15) is 0 Å². The molecule has 1 aliphatic carbocycles. The standard InChI is InChI=1S/C16H25N/c1-12(2)15(13-8-6-5-7-9-13)17-11-14-10-16(14,3)4/h5-9,12,14-15,17H,10-11H2,1-4H3. The minimum atomic E-state index is 0.493. The zero-order valence-electron chi connectivity index (χ0n) is 11.5. The molecular weight excluding hydrogens is 206 g/mol. The molecule has 0 amide bonds. The normalized spacial score (nSPS) is 23.7. The predicted octanol–water partition coefficient (Wildman–Crippen LogP) is 4.02. The third-order valence-electron chi connectivity index (χ3n) is 4.13. The highest BCUT2D eigenvalue weighted by Gasteiger charge is 2.45. The summed E-state index contributed by atoms with van der Waals surface area (Å²) in [4.78, 5) is 0. The minimum absolute atomic E-state index is 0.493. The molecule has 1 aromatic rings. The predicted molar refractivity (Wildman–Crippen MR) is 73.9 cm³/mol. The van der Waals surface area contributed by atoms with Gasteiger partial charge in [0.15, 0.2) is 0 Å². The molecule has 2 atom stereocenters. The first-order chi connectivity index (χ1) is 8.00. The third kappa shape index (κ3) is 3.10. The SMILES string of the molecule is CC(C)C(NCC1CC1(C)C)c1ccccc1. The summed E-state index contributed by atoms with van der Waals surface area (Å²) in [5, 5.41) is 3.75. The van der Waals surface area contributed by atoms with Crippen molar-refractivity contribution in [3.63, 3.8) is 0 Å². The molecule has 1 aromatic carbocycles. The second-order valence-corrected chi connectivity index (χ2v) is 6.43. The van der Waals surface area contributed by atoms with E-state index in [4.69, 9.17) is 0 Å². The van der Waals surface area contributed by atoms with Gasteiger partial charge in [0, 0.05) is 6.04 Å². The largest absolute Gasteiger partial charge is 0.309 e. The van der Waals surface area contributed by atoms with Crippen molar-refractivity contribution in [2.45, 2.75) is 40.2 Å². The minimum Gasteiger partial charge on any atom is -0.309 e. The molecule has 1 saturated carbocycles. The first kappa shape index (κ1) is 12.6. The van der Waals surface area contributed by atoms with Gasteiger partial charge in [-0.25, -0.2) is 0 Å². The first-order valence-electron chi connectivity index (χ1n) is 6.79. The Morgan fingerprint density at radius 3 is 2.29 bits per heavy atom. The van der Waals surface area contributed by atoms with Crippen molar-refractivity contribution in [3.05, 3.63) is 35.9 Å². The zero-order chi connectivity index (χ0) is 12.5. The fraction of sp³-hybridized carbons (Fsp3) is 0.625. The summed E-state index contributed by atoms with van der Waals surface area (Å²) < 4.78 is 0. The second kappa shape index (κ2) is 4.81. The lowest BCUT2D eigenvalue weighted by atomic mass is 9.96. The number of hydrogen-bond donors (Lipinski definition) is 1. The average molecular weight is 231 g/mol. The second-order valence-electron chi connectivity index (χ2n) is 6.43. The van der Waals surface area contributed by atoms with Gasteiger partial charge in [-0.2, -0.15) is 0 Å². The van der Waals surface area contributed by atoms with E-state index in [1.165, 1.54) is 12.0 Å². The van der Waals surface area contributed by atoms with Crippen LogP contribution in [0.25, 0.3) is 0 Å². The van der Waals surface area contributed by atoms with Crippen molar-refractivity contribution in [3.8, 4) is 0 Å². The van der Waals surface area contributed by atoms with Crippen molar-refractivity contribution < 1.29 is 0 Å². The third-order valence-corrected chi connectivity index (χ3v) is 4.13. The molecule has 2 unspecified atom stereocenters. The molecule has 94 valence electrons. The fourth-order valence-electron chi connectivity index (χ4n) is 2.59. The molecule has 1 aliphatic rings. The van der Waals surface area contributed by atoms with Crippen LogP contribution in [-0.2, 0) is 0 Å². The number of benzene rings is 1. The Bertz CT molecular complexity index is 353. The van der Waals surface area contributed by atoms with Crippen molar-refractivity contribution in [2.75, 3.05) is 6.54 Å². The topological polar surface area (TPSA) is 12.0 Å². The van der Waals surface area contributed by atoms with Crippen LogP contribution in [0.1, 0.15) is 45.7 Å². The van der Waals surface area contributed by atoms with Gasteiger partial charge in [-0.05, 0) is 35.8 Å². The summed E-state index contributed by atoms with van der Waals surface area (Å²) in [6.45, 7) is 10.5. The Morgan fingerprint density at radius 2 is 1.82 bits per heavy atom. The lowest BCUT2D eigenvalue weighted by molar-refractivity contribution is 0.390. The van der Waals surface area contributed by atoms with Crippen LogP contribution in [0.5, 0.6) is 0 Å². The fourth-order valence-corrected chi connectivity index (χ4v) is 2.59. The van der Waals surface area contributed by atoms with E-state index in [-0.39, 0.29) is 0 Å². The van der Waals surface area contributed by atoms with Gasteiger partial charge in [0.1, 0.15) is 0 Å². The van der Waals surface area contributed by atoms with E-state index in [0.717, 1.165) is 12.5 Å². The van der Waals surface area contributed by atoms with Crippen LogP contribution in [0.4, 0.5) is 0 Å². The van der Waals surface area contributed by atoms with Crippen molar-refractivity contribution in [2.24, 2.45) is 17.3 Å². The van der Waals surface area contributed by atoms with Gasteiger partial charge in [-0.1, -0.05) is 58.0 Å². The van der Waals surface area contributed by atoms with Crippen LogP contribution in [0.3, 0.4) is 0 Å². The summed E-state index contributed by atoms with van der Waals surface area (Å²) in [7, 11) is 0. The lowest BCUT2D eigenvalue weighted by Crippen LogP contribution is -2.28. The average Bonchev–Trinajstić information content (AvgIpc) is 2.88. The van der Waals surface area contributed by atoms with Crippen LogP contribution in [0, 0.1) is 17.3 Å². The highest BCUT2D eigenvalue weighted by Crippen LogP contribution is 2.51. The highest BCUT2D eigenvalue weighted by atomic mass is 14.9. The van der Waals surface area contributed by atoms with Gasteiger partial charge < -0.3 is 5.32 Å². The molecule has 0 aromatic heterocycles. The summed E-state index contributed by atoms with van der Waals surface area (Å²) in [6.07, 6.45) is 1.37. The Kier molecular flexibility index (Phi) is 3.58. The van der Waals surface area contributed by atoms with E-state index in [0.29, 0.717) is 17.4 Å². The molecule has 0 spiro atoms. The first-order valence-corrected chi connectivity index (χ1v) is 6.79. The Morgan fingerprint density at radius 1 is 1.24 bits per heavy atom. The van der Waals surface area contributed by atoms with Crippen LogP contribution in [0.2, 0.25) is 0 Å². The molecule has 17 heavy (non-hydrogen) atoms. The van der Waals surface area contributed by atoms with Gasteiger partial charge in [0.05, 0.1) is 0 Å². The maximum atomic E-state index is 3.75. The molecular formula is C16H25N. The van der Waals surface area contributed by atoms with Gasteiger partial charge in [0.2, 0.25) is 0 Å². The van der Waals surface area contributed by atoms with E-state index < -0.39 is 0 Å². The van der Waals surface area contributed by atoms with E-state index >= 15 is 0 Å². The summed E-state index contributed by atoms with van der Waals surface area (Å²) in [5.41, 5.74) is 1.99. The van der Waals surface area contributed by atoms with Gasteiger partial charge in [0.25, 0.3) is 0 Å². The lowest BCUT2D eigenvalue weighted by Gasteiger charge is -2.23. The number of hydrogen-bond acceptors (Lipinski definition) is 1. The van der Waals surface area contributed by atoms with Crippen LogP contribution in [-0.4, -0.2) is 6.54 Å². The molecule has 2 rings (SSSR count). The molecule has 0 aliphatic heterocycles. The number of nitrogens with one attached hydrogen (secondary N) is 1. The van der Waals surface area contributed by atoms with E-state index in [2.05, 4.69) is 63.3 Å². The molecule has 1 nitrogen and oxygen atoms in total. The van der Waals surface area contributed by atoms with E-state index in [1.54, 1.807) is 0 Å². The molecule has 0 heterocycles. The quantitative estimate of drug-likeness (QED) is 0.807. The maximum absolute atomic E-state index is 3.75. The highest BCUT2D eigenvalue weighted by molar-refractivity contribution is 5.19. The maximum Gasteiger partial charge on any atom is 0.0343 e. The Hall–Kier alpha value is -0.820. The monoisotopic (exact) mass is 231 g/mol. The number of rotatable bonds is 5.